The van der Waals surface area contributed by atoms with Crippen molar-refractivity contribution in [1.29, 1.82) is 0 Å². The molecule has 3 rings (SSSR count). The quantitative estimate of drug-likeness (QED) is 0.644. The molecule has 0 aliphatic carbocycles. The van der Waals surface area contributed by atoms with Gasteiger partial charge in [0, 0.05) is 23.9 Å². The molecule has 1 heterocycles. The molecule has 0 atom stereocenters. The van der Waals surface area contributed by atoms with Gasteiger partial charge in [0.1, 0.15) is 23.6 Å². The summed E-state index contributed by atoms with van der Waals surface area (Å²) in [6.07, 6.45) is 1.38. The van der Waals surface area contributed by atoms with E-state index < -0.39 is 0 Å². The van der Waals surface area contributed by atoms with E-state index in [0.717, 1.165) is 17.0 Å². The van der Waals surface area contributed by atoms with Gasteiger partial charge in [-0.15, -0.1) is 0 Å². The summed E-state index contributed by atoms with van der Waals surface area (Å²) in [5, 5.41) is 6.07. The predicted molar refractivity (Wildman–Crippen MR) is 110 cm³/mol. The third-order valence-corrected chi connectivity index (χ3v) is 4.38. The molecule has 6 heteroatoms. The minimum Gasteiger partial charge on any atom is -0.496 e. The lowest BCUT2D eigenvalue weighted by Gasteiger charge is -2.11. The Bertz CT molecular complexity index is 939. The largest absolute Gasteiger partial charge is 0.496 e. The Morgan fingerprint density at radius 3 is 2.54 bits per heavy atom. The smallest absolute Gasteiger partial charge is 0.270 e. The maximum absolute atomic E-state index is 12.5. The van der Waals surface area contributed by atoms with Crippen molar-refractivity contribution in [2.45, 2.75) is 26.3 Å². The van der Waals surface area contributed by atoms with E-state index in [1.165, 1.54) is 11.9 Å². The van der Waals surface area contributed by atoms with Gasteiger partial charge in [0.25, 0.3) is 5.91 Å². The average molecular weight is 376 g/mol. The lowest BCUT2D eigenvalue weighted by molar-refractivity contribution is 0.0945. The third-order valence-electron chi connectivity index (χ3n) is 4.38. The number of anilines is 2. The lowest BCUT2D eigenvalue weighted by atomic mass is 10.0. The van der Waals surface area contributed by atoms with Crippen LogP contribution < -0.4 is 15.4 Å². The fourth-order valence-electron chi connectivity index (χ4n) is 2.76. The molecule has 0 saturated carbocycles. The molecule has 144 valence electrons. The molecule has 2 aromatic carbocycles. The summed E-state index contributed by atoms with van der Waals surface area (Å²) in [6, 6.07) is 17.4. The molecule has 0 aliphatic rings. The molecule has 0 fully saturated rings. The van der Waals surface area contributed by atoms with Crippen LogP contribution in [-0.4, -0.2) is 23.0 Å². The Labute approximate surface area is 165 Å². The minimum atomic E-state index is -0.272. The molecule has 1 aromatic heterocycles. The van der Waals surface area contributed by atoms with Crippen LogP contribution in [0.4, 0.5) is 11.5 Å². The van der Waals surface area contributed by atoms with Gasteiger partial charge in [0.15, 0.2) is 0 Å². The highest BCUT2D eigenvalue weighted by molar-refractivity contribution is 5.93. The first-order valence-electron chi connectivity index (χ1n) is 9.16. The Hall–Kier alpha value is -3.41. The van der Waals surface area contributed by atoms with E-state index in [0.29, 0.717) is 24.0 Å². The molecule has 0 spiro atoms. The van der Waals surface area contributed by atoms with Crippen molar-refractivity contribution < 1.29 is 9.53 Å². The Balaban J connectivity index is 1.66. The highest BCUT2D eigenvalue weighted by Crippen LogP contribution is 2.20. The number of rotatable bonds is 7. The van der Waals surface area contributed by atoms with Crippen molar-refractivity contribution >= 4 is 17.4 Å². The summed E-state index contributed by atoms with van der Waals surface area (Å²) < 4.78 is 5.30. The van der Waals surface area contributed by atoms with Crippen LogP contribution in [-0.2, 0) is 6.54 Å². The van der Waals surface area contributed by atoms with E-state index in [9.17, 15) is 4.79 Å². The molecule has 0 unspecified atom stereocenters. The van der Waals surface area contributed by atoms with Crippen molar-refractivity contribution in [2.75, 3.05) is 12.4 Å². The van der Waals surface area contributed by atoms with E-state index in [-0.39, 0.29) is 5.91 Å². The first kappa shape index (κ1) is 19.4. The van der Waals surface area contributed by atoms with Crippen LogP contribution in [0.5, 0.6) is 5.75 Å². The molecule has 0 bridgehead atoms. The zero-order chi connectivity index (χ0) is 19.9. The van der Waals surface area contributed by atoms with Crippen LogP contribution in [0, 0.1) is 0 Å². The molecular weight excluding hydrogens is 352 g/mol. The Kier molecular flexibility index (Phi) is 6.22. The predicted octanol–water partition coefficient (Wildman–Crippen LogP) is 4.28. The van der Waals surface area contributed by atoms with Crippen LogP contribution in [0.1, 0.15) is 41.4 Å². The van der Waals surface area contributed by atoms with E-state index in [1.807, 2.05) is 36.4 Å². The highest BCUT2D eigenvalue weighted by Gasteiger charge is 2.10. The molecule has 28 heavy (non-hydrogen) atoms. The Morgan fingerprint density at radius 2 is 1.82 bits per heavy atom. The number of carbonyl (C=O) groups is 1. The summed E-state index contributed by atoms with van der Waals surface area (Å²) in [6.45, 7) is 4.66. The lowest BCUT2D eigenvalue weighted by Crippen LogP contribution is -2.24. The van der Waals surface area contributed by atoms with Gasteiger partial charge in [-0.3, -0.25) is 4.79 Å². The second-order valence-corrected chi connectivity index (χ2v) is 6.68. The van der Waals surface area contributed by atoms with Gasteiger partial charge in [-0.1, -0.05) is 44.2 Å². The zero-order valence-electron chi connectivity index (χ0n) is 16.3. The van der Waals surface area contributed by atoms with E-state index in [1.54, 1.807) is 13.2 Å². The molecular formula is C22H24N4O2. The number of nitrogens with zero attached hydrogens (tertiary/aromatic N) is 2. The second kappa shape index (κ2) is 8.99. The van der Waals surface area contributed by atoms with Gasteiger partial charge in [0.2, 0.25) is 0 Å². The number of carbonyl (C=O) groups excluding carboxylic acids is 1. The van der Waals surface area contributed by atoms with Gasteiger partial charge in [-0.2, -0.15) is 0 Å². The fourth-order valence-corrected chi connectivity index (χ4v) is 2.76. The minimum absolute atomic E-state index is 0.272. The molecule has 1 amide bonds. The number of methoxy groups -OCH3 is 1. The number of aromatic nitrogens is 2. The number of para-hydroxylation sites is 1. The van der Waals surface area contributed by atoms with Crippen LogP contribution in [0.15, 0.2) is 60.9 Å². The highest BCUT2D eigenvalue weighted by atomic mass is 16.5. The van der Waals surface area contributed by atoms with Crippen LogP contribution >= 0.6 is 0 Å². The number of ether oxygens (including phenoxy) is 1. The molecule has 0 radical (unpaired) electrons. The maximum Gasteiger partial charge on any atom is 0.270 e. The molecule has 6 nitrogen and oxygen atoms in total. The van der Waals surface area contributed by atoms with Crippen molar-refractivity contribution in [1.82, 2.24) is 15.3 Å². The maximum atomic E-state index is 12.5. The van der Waals surface area contributed by atoms with Crippen LogP contribution in [0.25, 0.3) is 0 Å². The molecule has 3 aromatic rings. The van der Waals surface area contributed by atoms with Gasteiger partial charge >= 0.3 is 0 Å². The zero-order valence-corrected chi connectivity index (χ0v) is 16.3. The SMILES string of the molecule is COc1ccccc1CNC(=O)c1cc(Nc2ccc(C(C)C)cc2)ncn1. The summed E-state index contributed by atoms with van der Waals surface area (Å²) in [4.78, 5) is 20.7. The summed E-state index contributed by atoms with van der Waals surface area (Å²) >= 11 is 0. The summed E-state index contributed by atoms with van der Waals surface area (Å²) in [5.74, 6) is 1.51. The number of amides is 1. The topological polar surface area (TPSA) is 76.1 Å². The van der Waals surface area contributed by atoms with E-state index in [4.69, 9.17) is 4.74 Å². The molecule has 2 N–H and O–H groups in total. The van der Waals surface area contributed by atoms with Crippen molar-refractivity contribution in [3.05, 3.63) is 77.7 Å². The number of benzene rings is 2. The summed E-state index contributed by atoms with van der Waals surface area (Å²) in [5.41, 5.74) is 3.37. The summed E-state index contributed by atoms with van der Waals surface area (Å²) in [7, 11) is 1.61. The van der Waals surface area contributed by atoms with Crippen LogP contribution in [0.3, 0.4) is 0 Å². The average Bonchev–Trinajstić information content (AvgIpc) is 2.72. The van der Waals surface area contributed by atoms with Gasteiger partial charge in [0.05, 0.1) is 7.11 Å². The molecule has 0 aliphatic heterocycles. The first-order valence-corrected chi connectivity index (χ1v) is 9.16. The molecule has 0 saturated heterocycles. The second-order valence-electron chi connectivity index (χ2n) is 6.68. The fraction of sp³-hybridized carbons (Fsp3) is 0.227. The van der Waals surface area contributed by atoms with Crippen molar-refractivity contribution in [3.8, 4) is 5.75 Å². The normalized spacial score (nSPS) is 10.6. The number of hydrogen-bond acceptors (Lipinski definition) is 5. The van der Waals surface area contributed by atoms with Crippen molar-refractivity contribution in [3.63, 3.8) is 0 Å². The van der Waals surface area contributed by atoms with Gasteiger partial charge in [-0.05, 0) is 29.7 Å². The van der Waals surface area contributed by atoms with Crippen molar-refractivity contribution in [2.24, 2.45) is 0 Å². The van der Waals surface area contributed by atoms with Gasteiger partial charge in [-0.25, -0.2) is 9.97 Å². The Morgan fingerprint density at radius 1 is 1.07 bits per heavy atom. The van der Waals surface area contributed by atoms with E-state index in [2.05, 4.69) is 46.6 Å². The van der Waals surface area contributed by atoms with E-state index >= 15 is 0 Å². The standard InChI is InChI=1S/C22H24N4O2/c1-15(2)16-8-10-18(11-9-16)26-21-12-19(24-14-25-21)22(27)23-13-17-6-4-5-7-20(17)28-3/h4-12,14-15H,13H2,1-3H3,(H,23,27)(H,24,25,26). The monoisotopic (exact) mass is 376 g/mol. The third kappa shape index (κ3) is 4.85. The van der Waals surface area contributed by atoms with Gasteiger partial charge < -0.3 is 15.4 Å². The van der Waals surface area contributed by atoms with Crippen LogP contribution in [0.2, 0.25) is 0 Å². The number of nitrogens with one attached hydrogen (secondary N) is 2. The number of hydrogen-bond donors (Lipinski definition) is 2. The first-order chi connectivity index (χ1) is 13.6.